The Bertz CT molecular complexity index is 714. The number of benzene rings is 1. The molecule has 0 saturated heterocycles. The molecule has 1 aliphatic carbocycles. The number of carbonyl (C=O) groups is 4. The van der Waals surface area contributed by atoms with Gasteiger partial charge in [-0.05, 0) is 49.3 Å². The predicted octanol–water partition coefficient (Wildman–Crippen LogP) is 2.31. The van der Waals surface area contributed by atoms with E-state index in [2.05, 4.69) is 10.6 Å². The van der Waals surface area contributed by atoms with Crippen molar-refractivity contribution >= 4 is 23.7 Å². The number of ketones is 1. The highest BCUT2D eigenvalue weighted by atomic mass is 16.5. The molecule has 0 atom stereocenters. The van der Waals surface area contributed by atoms with E-state index in [0.717, 1.165) is 25.7 Å². The van der Waals surface area contributed by atoms with Gasteiger partial charge in [0.2, 0.25) is 0 Å². The number of Topliss-reactive ketones (excluding diaryl/α,β-unsaturated/α-hetero) is 1. The summed E-state index contributed by atoms with van der Waals surface area (Å²) in [6.45, 7) is 1.78. The molecule has 0 fully saturated rings. The van der Waals surface area contributed by atoms with Crippen LogP contribution in [-0.2, 0) is 27.2 Å². The van der Waals surface area contributed by atoms with Crippen LogP contribution in [-0.4, -0.2) is 36.8 Å². The highest BCUT2D eigenvalue weighted by Gasteiger charge is 2.15. The minimum absolute atomic E-state index is 0.0240. The fourth-order valence-electron chi connectivity index (χ4n) is 2.93. The average Bonchev–Trinajstić information content (AvgIpc) is 2.68. The number of amides is 3. The van der Waals surface area contributed by atoms with Crippen LogP contribution in [0.5, 0.6) is 0 Å². The molecule has 146 valence electrons. The Kier molecular flexibility index (Phi) is 7.98. The Balaban J connectivity index is 1.71. The molecule has 2 N–H and O–H groups in total. The standard InChI is InChI=1S/C20H26N2O5/c1-2-11-21-20(26)22-18(24)13-27-19(25)10-9-17(23)16-8-7-14-5-3-4-6-15(14)12-16/h7-8,12H,2-6,9-11,13H2,1H3,(H2,21,22,24,26). The first-order valence-corrected chi connectivity index (χ1v) is 9.38. The molecule has 1 aromatic rings. The normalized spacial score (nSPS) is 12.6. The number of rotatable bonds is 8. The van der Waals surface area contributed by atoms with Gasteiger partial charge >= 0.3 is 12.0 Å². The molecule has 7 heteroatoms. The Labute approximate surface area is 158 Å². The van der Waals surface area contributed by atoms with E-state index in [0.29, 0.717) is 12.1 Å². The van der Waals surface area contributed by atoms with Gasteiger partial charge in [-0.3, -0.25) is 19.7 Å². The maximum Gasteiger partial charge on any atom is 0.321 e. The second kappa shape index (κ2) is 10.4. The van der Waals surface area contributed by atoms with Crippen LogP contribution in [0.1, 0.15) is 60.5 Å². The summed E-state index contributed by atoms with van der Waals surface area (Å²) in [5.41, 5.74) is 3.12. The summed E-state index contributed by atoms with van der Waals surface area (Å²) in [4.78, 5) is 46.8. The van der Waals surface area contributed by atoms with Gasteiger partial charge in [0.25, 0.3) is 5.91 Å². The van der Waals surface area contributed by atoms with E-state index in [1.165, 1.54) is 17.5 Å². The maximum atomic E-state index is 12.3. The van der Waals surface area contributed by atoms with Crippen molar-refractivity contribution in [2.24, 2.45) is 0 Å². The minimum atomic E-state index is -0.710. The van der Waals surface area contributed by atoms with E-state index in [9.17, 15) is 19.2 Å². The number of esters is 1. The first-order valence-electron chi connectivity index (χ1n) is 9.38. The third-order valence-electron chi connectivity index (χ3n) is 4.38. The molecule has 0 unspecified atom stereocenters. The van der Waals surface area contributed by atoms with Gasteiger partial charge in [0.15, 0.2) is 12.4 Å². The van der Waals surface area contributed by atoms with E-state index in [-0.39, 0.29) is 18.6 Å². The Morgan fingerprint density at radius 3 is 2.52 bits per heavy atom. The molecule has 2 rings (SSSR count). The molecule has 0 aromatic heterocycles. The molecule has 1 aliphatic rings. The van der Waals surface area contributed by atoms with E-state index >= 15 is 0 Å². The van der Waals surface area contributed by atoms with E-state index < -0.39 is 24.5 Å². The molecule has 0 bridgehead atoms. The van der Waals surface area contributed by atoms with Crippen LogP contribution in [0.4, 0.5) is 4.79 Å². The van der Waals surface area contributed by atoms with Gasteiger partial charge in [-0.15, -0.1) is 0 Å². The van der Waals surface area contributed by atoms with Crippen molar-refractivity contribution in [1.82, 2.24) is 10.6 Å². The molecule has 27 heavy (non-hydrogen) atoms. The Morgan fingerprint density at radius 2 is 1.78 bits per heavy atom. The molecular formula is C20H26N2O5. The number of urea groups is 1. The predicted molar refractivity (Wildman–Crippen MR) is 99.4 cm³/mol. The summed E-state index contributed by atoms with van der Waals surface area (Å²) in [7, 11) is 0. The monoisotopic (exact) mass is 374 g/mol. The molecule has 0 aliphatic heterocycles. The van der Waals surface area contributed by atoms with Gasteiger partial charge in [0.05, 0.1) is 6.42 Å². The topological polar surface area (TPSA) is 102 Å². The van der Waals surface area contributed by atoms with Crippen molar-refractivity contribution in [2.75, 3.05) is 13.2 Å². The molecule has 0 radical (unpaired) electrons. The first kappa shape index (κ1) is 20.6. The molecule has 0 heterocycles. The number of imide groups is 1. The molecular weight excluding hydrogens is 348 g/mol. The zero-order chi connectivity index (χ0) is 19.6. The van der Waals surface area contributed by atoms with Gasteiger partial charge in [-0.2, -0.15) is 0 Å². The molecule has 1 aromatic carbocycles. The zero-order valence-corrected chi connectivity index (χ0v) is 15.6. The van der Waals surface area contributed by atoms with E-state index in [1.54, 1.807) is 6.07 Å². The number of hydrogen-bond donors (Lipinski definition) is 2. The molecule has 0 spiro atoms. The maximum absolute atomic E-state index is 12.3. The number of fused-ring (bicyclic) bond motifs is 1. The lowest BCUT2D eigenvalue weighted by Crippen LogP contribution is -2.41. The van der Waals surface area contributed by atoms with E-state index in [1.807, 2.05) is 19.1 Å². The fraction of sp³-hybridized carbons (Fsp3) is 0.500. The first-order chi connectivity index (χ1) is 13.0. The lowest BCUT2D eigenvalue weighted by Gasteiger charge is -2.16. The van der Waals surface area contributed by atoms with Crippen LogP contribution in [0.15, 0.2) is 18.2 Å². The van der Waals surface area contributed by atoms with Crippen LogP contribution in [0.3, 0.4) is 0 Å². The summed E-state index contributed by atoms with van der Waals surface area (Å²) >= 11 is 0. The van der Waals surface area contributed by atoms with Crippen molar-refractivity contribution in [3.63, 3.8) is 0 Å². The van der Waals surface area contributed by atoms with E-state index in [4.69, 9.17) is 4.74 Å². The number of nitrogens with one attached hydrogen (secondary N) is 2. The van der Waals surface area contributed by atoms with Gasteiger partial charge in [-0.1, -0.05) is 19.1 Å². The average molecular weight is 374 g/mol. The fourth-order valence-corrected chi connectivity index (χ4v) is 2.93. The molecule has 3 amide bonds. The van der Waals surface area contributed by atoms with Crippen molar-refractivity contribution in [1.29, 1.82) is 0 Å². The van der Waals surface area contributed by atoms with Crippen LogP contribution in [0, 0.1) is 0 Å². The molecule has 7 nitrogen and oxygen atoms in total. The smallest absolute Gasteiger partial charge is 0.321 e. The summed E-state index contributed by atoms with van der Waals surface area (Å²) < 4.78 is 4.80. The van der Waals surface area contributed by atoms with Gasteiger partial charge in [0, 0.05) is 18.5 Å². The minimum Gasteiger partial charge on any atom is -0.456 e. The third kappa shape index (κ3) is 6.84. The summed E-state index contributed by atoms with van der Waals surface area (Å²) in [5, 5.41) is 4.53. The van der Waals surface area contributed by atoms with Crippen LogP contribution < -0.4 is 10.6 Å². The van der Waals surface area contributed by atoms with Crippen molar-refractivity contribution < 1.29 is 23.9 Å². The Hall–Kier alpha value is -2.70. The lowest BCUT2D eigenvalue weighted by molar-refractivity contribution is -0.148. The third-order valence-corrected chi connectivity index (χ3v) is 4.38. The van der Waals surface area contributed by atoms with Crippen molar-refractivity contribution in [2.45, 2.75) is 51.9 Å². The van der Waals surface area contributed by atoms with Crippen LogP contribution in [0.25, 0.3) is 0 Å². The highest BCUT2D eigenvalue weighted by molar-refractivity contribution is 5.98. The largest absolute Gasteiger partial charge is 0.456 e. The Morgan fingerprint density at radius 1 is 1.04 bits per heavy atom. The van der Waals surface area contributed by atoms with Crippen molar-refractivity contribution in [3.05, 3.63) is 34.9 Å². The summed E-state index contributed by atoms with van der Waals surface area (Å²) in [6.07, 6.45) is 5.01. The number of aryl methyl sites for hydroxylation is 2. The highest BCUT2D eigenvalue weighted by Crippen LogP contribution is 2.22. The molecule has 0 saturated carbocycles. The van der Waals surface area contributed by atoms with Crippen molar-refractivity contribution in [3.8, 4) is 0 Å². The quantitative estimate of drug-likeness (QED) is 0.537. The van der Waals surface area contributed by atoms with Gasteiger partial charge in [-0.25, -0.2) is 4.79 Å². The second-order valence-corrected chi connectivity index (χ2v) is 6.58. The van der Waals surface area contributed by atoms with Crippen LogP contribution >= 0.6 is 0 Å². The van der Waals surface area contributed by atoms with Crippen LogP contribution in [0.2, 0.25) is 0 Å². The second-order valence-electron chi connectivity index (χ2n) is 6.58. The number of hydrogen-bond acceptors (Lipinski definition) is 5. The number of carbonyl (C=O) groups excluding carboxylic acids is 4. The number of ether oxygens (including phenoxy) is 1. The summed E-state index contributed by atoms with van der Waals surface area (Å²) in [6, 6.07) is 5.10. The summed E-state index contributed by atoms with van der Waals surface area (Å²) in [5.74, 6) is -1.48. The SMILES string of the molecule is CCCNC(=O)NC(=O)COC(=O)CCC(=O)c1ccc2c(c1)CCCC2. The lowest BCUT2D eigenvalue weighted by atomic mass is 9.89. The van der Waals surface area contributed by atoms with Gasteiger partial charge in [0.1, 0.15) is 0 Å². The zero-order valence-electron chi connectivity index (χ0n) is 15.6. The van der Waals surface area contributed by atoms with Gasteiger partial charge < -0.3 is 10.1 Å².